The van der Waals surface area contributed by atoms with Crippen LogP contribution in [0.1, 0.15) is 12.8 Å². The lowest BCUT2D eigenvalue weighted by Gasteiger charge is -1.99. The standard InChI is InChI=1S/C8H12N2O3.C2H6O2/c11-7-9-3-1-5-13-6-2-4-10-8-12;3-1-2-4/h1-6H2;3-4H,1-2H2. The fourth-order valence-corrected chi connectivity index (χ4v) is 0.685. The molecule has 17 heavy (non-hydrogen) atoms. The second-order valence-corrected chi connectivity index (χ2v) is 2.71. The van der Waals surface area contributed by atoms with Crippen LogP contribution in [0.25, 0.3) is 0 Å². The highest BCUT2D eigenvalue weighted by Crippen LogP contribution is 1.87. The van der Waals surface area contributed by atoms with Crippen molar-refractivity contribution in [3.05, 3.63) is 0 Å². The van der Waals surface area contributed by atoms with Gasteiger partial charge in [-0.1, -0.05) is 0 Å². The van der Waals surface area contributed by atoms with Crippen molar-refractivity contribution in [3.63, 3.8) is 0 Å². The Morgan fingerprint density at radius 2 is 1.29 bits per heavy atom. The van der Waals surface area contributed by atoms with Crippen LogP contribution >= 0.6 is 0 Å². The van der Waals surface area contributed by atoms with E-state index in [2.05, 4.69) is 9.98 Å². The summed E-state index contributed by atoms with van der Waals surface area (Å²) in [7, 11) is 0. The number of isocyanates is 2. The van der Waals surface area contributed by atoms with Crippen LogP contribution in [0.4, 0.5) is 0 Å². The van der Waals surface area contributed by atoms with Crippen LogP contribution in [0.15, 0.2) is 9.98 Å². The summed E-state index contributed by atoms with van der Waals surface area (Å²) in [5.74, 6) is 0. The summed E-state index contributed by atoms with van der Waals surface area (Å²) in [5, 5.41) is 15.2. The summed E-state index contributed by atoms with van der Waals surface area (Å²) >= 11 is 0. The number of hydrogen-bond donors (Lipinski definition) is 2. The van der Waals surface area contributed by atoms with Crippen molar-refractivity contribution in [3.8, 4) is 0 Å². The molecule has 0 aliphatic heterocycles. The quantitative estimate of drug-likeness (QED) is 0.321. The number of aliphatic hydroxyl groups is 2. The minimum atomic E-state index is -0.125. The van der Waals surface area contributed by atoms with Gasteiger partial charge in [-0.05, 0) is 12.8 Å². The molecule has 0 spiro atoms. The average molecular weight is 246 g/mol. The first-order valence-corrected chi connectivity index (χ1v) is 5.20. The smallest absolute Gasteiger partial charge is 0.234 e. The molecule has 0 saturated carbocycles. The number of nitrogens with zero attached hydrogens (tertiary/aromatic N) is 2. The van der Waals surface area contributed by atoms with E-state index in [0.29, 0.717) is 39.1 Å². The Morgan fingerprint density at radius 3 is 1.59 bits per heavy atom. The van der Waals surface area contributed by atoms with Crippen molar-refractivity contribution in [2.45, 2.75) is 12.8 Å². The highest BCUT2D eigenvalue weighted by Gasteiger charge is 1.88. The van der Waals surface area contributed by atoms with Crippen LogP contribution in [0.2, 0.25) is 0 Å². The molecule has 0 amide bonds. The van der Waals surface area contributed by atoms with Crippen molar-refractivity contribution >= 4 is 12.2 Å². The Hall–Kier alpha value is -1.36. The summed E-state index contributed by atoms with van der Waals surface area (Å²) < 4.78 is 5.15. The molecule has 0 fully saturated rings. The lowest BCUT2D eigenvalue weighted by Crippen LogP contribution is -1.99. The van der Waals surface area contributed by atoms with Gasteiger partial charge in [0.15, 0.2) is 0 Å². The molecule has 7 heteroatoms. The second-order valence-electron chi connectivity index (χ2n) is 2.71. The van der Waals surface area contributed by atoms with Gasteiger partial charge in [0, 0.05) is 13.2 Å². The van der Waals surface area contributed by atoms with Gasteiger partial charge in [0.2, 0.25) is 12.2 Å². The lowest BCUT2D eigenvalue weighted by molar-refractivity contribution is 0.132. The van der Waals surface area contributed by atoms with Crippen molar-refractivity contribution in [1.82, 2.24) is 0 Å². The highest BCUT2D eigenvalue weighted by atomic mass is 16.5. The van der Waals surface area contributed by atoms with Gasteiger partial charge in [-0.2, -0.15) is 0 Å². The van der Waals surface area contributed by atoms with Crippen molar-refractivity contribution < 1.29 is 24.5 Å². The molecule has 0 heterocycles. The third-order valence-corrected chi connectivity index (χ3v) is 1.35. The van der Waals surface area contributed by atoms with Crippen molar-refractivity contribution in [2.75, 3.05) is 39.5 Å². The predicted octanol–water partition coefficient (Wildman–Crippen LogP) is -0.574. The molecular formula is C10H18N2O5. The van der Waals surface area contributed by atoms with Gasteiger partial charge in [-0.15, -0.1) is 0 Å². The molecule has 0 atom stereocenters. The first-order valence-electron chi connectivity index (χ1n) is 5.20. The predicted molar refractivity (Wildman–Crippen MR) is 60.2 cm³/mol. The molecule has 0 aromatic carbocycles. The number of hydrogen-bond acceptors (Lipinski definition) is 7. The minimum Gasteiger partial charge on any atom is -0.394 e. The van der Waals surface area contributed by atoms with E-state index >= 15 is 0 Å². The summed E-state index contributed by atoms with van der Waals surface area (Å²) in [6.45, 7) is 1.79. The van der Waals surface area contributed by atoms with Gasteiger partial charge in [0.05, 0.1) is 26.3 Å². The van der Waals surface area contributed by atoms with E-state index in [4.69, 9.17) is 14.9 Å². The maximum Gasteiger partial charge on any atom is 0.234 e. The zero-order chi connectivity index (χ0) is 13.2. The van der Waals surface area contributed by atoms with Crippen LogP contribution in [0.3, 0.4) is 0 Å². The number of aliphatic imine (C=N–C) groups is 2. The Bertz CT molecular complexity index is 211. The second kappa shape index (κ2) is 20.1. The normalized spacial score (nSPS) is 8.35. The largest absolute Gasteiger partial charge is 0.394 e. The molecule has 0 radical (unpaired) electrons. The zero-order valence-electron chi connectivity index (χ0n) is 9.67. The lowest BCUT2D eigenvalue weighted by atomic mass is 10.4. The first kappa shape index (κ1) is 18.0. The molecule has 0 aromatic heterocycles. The summed E-state index contributed by atoms with van der Waals surface area (Å²) in [6.07, 6.45) is 4.32. The van der Waals surface area contributed by atoms with Gasteiger partial charge in [-0.25, -0.2) is 19.6 Å². The van der Waals surface area contributed by atoms with E-state index in [1.807, 2.05) is 0 Å². The Morgan fingerprint density at radius 1 is 0.882 bits per heavy atom. The molecular weight excluding hydrogens is 228 g/mol. The summed E-state index contributed by atoms with van der Waals surface area (Å²) in [6, 6.07) is 0. The fraction of sp³-hybridized carbons (Fsp3) is 0.800. The molecule has 2 N–H and O–H groups in total. The molecule has 0 bridgehead atoms. The maximum absolute atomic E-state index is 9.63. The highest BCUT2D eigenvalue weighted by molar-refractivity contribution is 5.32. The van der Waals surface area contributed by atoms with Gasteiger partial charge in [0.25, 0.3) is 0 Å². The molecule has 7 nitrogen and oxygen atoms in total. The number of carbonyl (C=O) groups excluding carboxylic acids is 2. The molecule has 0 saturated heterocycles. The summed E-state index contributed by atoms with van der Waals surface area (Å²) in [4.78, 5) is 26.0. The van der Waals surface area contributed by atoms with Gasteiger partial charge in [-0.3, -0.25) is 0 Å². The molecule has 98 valence electrons. The monoisotopic (exact) mass is 246 g/mol. The van der Waals surface area contributed by atoms with E-state index in [0.717, 1.165) is 0 Å². The maximum atomic E-state index is 9.63. The van der Waals surface area contributed by atoms with E-state index in [1.165, 1.54) is 12.2 Å². The molecule has 0 aliphatic carbocycles. The zero-order valence-corrected chi connectivity index (χ0v) is 9.67. The van der Waals surface area contributed by atoms with E-state index in [-0.39, 0.29) is 13.2 Å². The van der Waals surface area contributed by atoms with Crippen LogP contribution in [0.5, 0.6) is 0 Å². The van der Waals surface area contributed by atoms with Gasteiger partial charge in [0.1, 0.15) is 0 Å². The third kappa shape index (κ3) is 25.2. The van der Waals surface area contributed by atoms with Crippen LogP contribution in [-0.2, 0) is 14.3 Å². The number of ether oxygens (including phenoxy) is 1. The Kier molecular flexibility index (Phi) is 21.3. The fourth-order valence-electron chi connectivity index (χ4n) is 0.685. The Balaban J connectivity index is 0. The minimum absolute atomic E-state index is 0.125. The topological polar surface area (TPSA) is 109 Å². The van der Waals surface area contributed by atoms with Gasteiger partial charge < -0.3 is 14.9 Å². The van der Waals surface area contributed by atoms with E-state index < -0.39 is 0 Å². The van der Waals surface area contributed by atoms with Crippen LogP contribution in [-0.4, -0.2) is 61.9 Å². The van der Waals surface area contributed by atoms with E-state index in [9.17, 15) is 9.59 Å². The van der Waals surface area contributed by atoms with Crippen LogP contribution in [0, 0.1) is 0 Å². The molecule has 0 aromatic rings. The van der Waals surface area contributed by atoms with Crippen molar-refractivity contribution in [2.24, 2.45) is 9.98 Å². The Labute approximate surface area is 99.8 Å². The third-order valence-electron chi connectivity index (χ3n) is 1.35. The van der Waals surface area contributed by atoms with Gasteiger partial charge >= 0.3 is 0 Å². The van der Waals surface area contributed by atoms with Crippen molar-refractivity contribution in [1.29, 1.82) is 0 Å². The summed E-state index contributed by atoms with van der Waals surface area (Å²) in [5.41, 5.74) is 0. The first-order chi connectivity index (χ1) is 8.33. The number of aliphatic hydroxyl groups excluding tert-OH is 2. The van der Waals surface area contributed by atoms with Crippen LogP contribution < -0.4 is 0 Å². The SMILES string of the molecule is O=C=NCCCOCCCN=C=O.OCCO. The van der Waals surface area contributed by atoms with E-state index in [1.54, 1.807) is 0 Å². The molecule has 0 aliphatic rings. The number of rotatable bonds is 9. The molecule has 0 rings (SSSR count). The average Bonchev–Trinajstić information content (AvgIpc) is 2.37. The molecule has 0 unspecified atom stereocenters.